The molecule has 3 N–H and O–H groups in total. The van der Waals surface area contributed by atoms with Crippen LogP contribution in [0.15, 0.2) is 0 Å². The fraction of sp³-hybridized carbons (Fsp3) is 1.00. The van der Waals surface area contributed by atoms with Crippen molar-refractivity contribution in [2.75, 3.05) is 6.54 Å². The van der Waals surface area contributed by atoms with Gasteiger partial charge in [0.2, 0.25) is 0 Å². The molecule has 2 rings (SSSR count). The summed E-state index contributed by atoms with van der Waals surface area (Å²) < 4.78 is 0. The molecule has 2 aliphatic carbocycles. The molecule has 5 unspecified atom stereocenters. The molecule has 0 aromatic heterocycles. The molecule has 2 heteroatoms. The highest BCUT2D eigenvalue weighted by Crippen LogP contribution is 2.44. The van der Waals surface area contributed by atoms with Crippen LogP contribution in [0.2, 0.25) is 0 Å². The second-order valence-corrected chi connectivity index (χ2v) is 7.35. The Morgan fingerprint density at radius 2 is 2.00 bits per heavy atom. The summed E-state index contributed by atoms with van der Waals surface area (Å²) in [5.74, 6) is 2.42. The van der Waals surface area contributed by atoms with E-state index in [4.69, 9.17) is 5.73 Å². The molecule has 0 spiro atoms. The third-order valence-electron chi connectivity index (χ3n) is 5.92. The van der Waals surface area contributed by atoms with E-state index in [1.807, 2.05) is 0 Å². The van der Waals surface area contributed by atoms with Gasteiger partial charge in [-0.2, -0.15) is 0 Å². The van der Waals surface area contributed by atoms with Gasteiger partial charge in [0.25, 0.3) is 0 Å². The SMILES string of the molecule is CCCC1CC1NCC1CCC(N)C(C)C1(C)C. The van der Waals surface area contributed by atoms with E-state index in [0.717, 1.165) is 17.9 Å². The molecule has 0 amide bonds. The van der Waals surface area contributed by atoms with Crippen molar-refractivity contribution in [2.45, 2.75) is 71.9 Å². The van der Waals surface area contributed by atoms with Crippen LogP contribution in [0.5, 0.6) is 0 Å². The number of rotatable bonds is 5. The average Bonchev–Trinajstić information content (AvgIpc) is 3.04. The maximum atomic E-state index is 6.23. The number of hydrogen-bond donors (Lipinski definition) is 2. The Bertz CT molecular complexity index is 274. The Kier molecular flexibility index (Phi) is 4.38. The Labute approximate surface area is 113 Å². The van der Waals surface area contributed by atoms with Gasteiger partial charge in [-0.25, -0.2) is 0 Å². The highest BCUT2D eigenvalue weighted by atomic mass is 15.0. The van der Waals surface area contributed by atoms with Crippen molar-refractivity contribution in [1.29, 1.82) is 0 Å². The standard InChI is InChI=1S/C16H32N2/c1-5-6-12-9-15(12)18-10-13-7-8-14(17)11(2)16(13,3)4/h11-15,18H,5-10,17H2,1-4H3. The number of nitrogens with one attached hydrogen (secondary N) is 1. The van der Waals surface area contributed by atoms with Gasteiger partial charge >= 0.3 is 0 Å². The number of hydrogen-bond acceptors (Lipinski definition) is 2. The highest BCUT2D eigenvalue weighted by molar-refractivity contribution is 4.97. The lowest BCUT2D eigenvalue weighted by Crippen LogP contribution is -2.49. The van der Waals surface area contributed by atoms with Crippen molar-refractivity contribution in [3.05, 3.63) is 0 Å². The second kappa shape index (κ2) is 5.50. The monoisotopic (exact) mass is 252 g/mol. The van der Waals surface area contributed by atoms with Crippen molar-refractivity contribution in [3.63, 3.8) is 0 Å². The van der Waals surface area contributed by atoms with Crippen LogP contribution in [0.4, 0.5) is 0 Å². The van der Waals surface area contributed by atoms with Crippen LogP contribution in [0.25, 0.3) is 0 Å². The summed E-state index contributed by atoms with van der Waals surface area (Å²) in [6, 6.07) is 1.23. The Hall–Kier alpha value is -0.0800. The summed E-state index contributed by atoms with van der Waals surface area (Å²) in [5.41, 5.74) is 6.61. The lowest BCUT2D eigenvalue weighted by atomic mass is 9.61. The van der Waals surface area contributed by atoms with Gasteiger partial charge in [0.15, 0.2) is 0 Å². The van der Waals surface area contributed by atoms with Crippen molar-refractivity contribution in [2.24, 2.45) is 28.9 Å². The van der Waals surface area contributed by atoms with Gasteiger partial charge in [-0.1, -0.05) is 34.1 Å². The smallest absolute Gasteiger partial charge is 0.00992 e. The van der Waals surface area contributed by atoms with Crippen LogP contribution in [0.3, 0.4) is 0 Å². The minimum Gasteiger partial charge on any atom is -0.327 e. The molecule has 2 saturated carbocycles. The summed E-state index contributed by atoms with van der Waals surface area (Å²) in [6.07, 6.45) is 6.67. The minimum atomic E-state index is 0.389. The van der Waals surface area contributed by atoms with E-state index in [2.05, 4.69) is 33.0 Å². The van der Waals surface area contributed by atoms with Gasteiger partial charge in [-0.05, 0) is 55.4 Å². The van der Waals surface area contributed by atoms with E-state index in [1.54, 1.807) is 0 Å². The minimum absolute atomic E-state index is 0.389. The first-order valence-corrected chi connectivity index (χ1v) is 7.95. The summed E-state index contributed by atoms with van der Waals surface area (Å²) in [4.78, 5) is 0. The van der Waals surface area contributed by atoms with Crippen molar-refractivity contribution in [1.82, 2.24) is 5.32 Å². The van der Waals surface area contributed by atoms with Crippen LogP contribution in [0.1, 0.15) is 59.8 Å². The molecule has 0 bridgehead atoms. The number of nitrogens with two attached hydrogens (primary N) is 1. The summed E-state index contributed by atoms with van der Waals surface area (Å²) in [6.45, 7) is 10.7. The highest BCUT2D eigenvalue weighted by Gasteiger charge is 2.43. The zero-order valence-corrected chi connectivity index (χ0v) is 12.7. The maximum absolute atomic E-state index is 6.23. The van der Waals surface area contributed by atoms with Crippen molar-refractivity contribution < 1.29 is 0 Å². The van der Waals surface area contributed by atoms with E-state index in [-0.39, 0.29) is 0 Å². The van der Waals surface area contributed by atoms with Crippen molar-refractivity contribution in [3.8, 4) is 0 Å². The molecule has 106 valence electrons. The fourth-order valence-corrected chi connectivity index (χ4v) is 3.79. The predicted octanol–water partition coefficient (Wildman–Crippen LogP) is 3.16. The van der Waals surface area contributed by atoms with Gasteiger partial charge in [-0.15, -0.1) is 0 Å². The summed E-state index contributed by atoms with van der Waals surface area (Å²) in [5, 5.41) is 3.81. The van der Waals surface area contributed by atoms with Gasteiger partial charge in [0.1, 0.15) is 0 Å². The molecule has 0 aromatic carbocycles. The molecule has 2 nitrogen and oxygen atoms in total. The Balaban J connectivity index is 1.79. The van der Waals surface area contributed by atoms with Gasteiger partial charge in [-0.3, -0.25) is 0 Å². The molecule has 0 heterocycles. The lowest BCUT2D eigenvalue weighted by molar-refractivity contribution is 0.0536. The van der Waals surface area contributed by atoms with Gasteiger partial charge in [0, 0.05) is 12.1 Å². The molecule has 0 aliphatic heterocycles. The second-order valence-electron chi connectivity index (χ2n) is 7.35. The molecule has 2 fully saturated rings. The average molecular weight is 252 g/mol. The van der Waals surface area contributed by atoms with Gasteiger partial charge in [0.05, 0.1) is 0 Å². The first-order chi connectivity index (χ1) is 8.46. The molecule has 5 atom stereocenters. The summed E-state index contributed by atoms with van der Waals surface area (Å²) >= 11 is 0. The normalized spacial score (nSPS) is 42.8. The van der Waals surface area contributed by atoms with Crippen LogP contribution in [-0.4, -0.2) is 18.6 Å². The van der Waals surface area contributed by atoms with Crippen molar-refractivity contribution >= 4 is 0 Å². The Morgan fingerprint density at radius 3 is 2.67 bits per heavy atom. The van der Waals surface area contributed by atoms with Crippen LogP contribution in [-0.2, 0) is 0 Å². The van der Waals surface area contributed by atoms with Gasteiger partial charge < -0.3 is 11.1 Å². The van der Waals surface area contributed by atoms with E-state index in [0.29, 0.717) is 17.4 Å². The largest absolute Gasteiger partial charge is 0.327 e. The molecule has 0 saturated heterocycles. The topological polar surface area (TPSA) is 38.0 Å². The molecular weight excluding hydrogens is 220 g/mol. The lowest BCUT2D eigenvalue weighted by Gasteiger charge is -2.47. The van der Waals surface area contributed by atoms with Crippen LogP contribution >= 0.6 is 0 Å². The van der Waals surface area contributed by atoms with E-state index >= 15 is 0 Å². The summed E-state index contributed by atoms with van der Waals surface area (Å²) in [7, 11) is 0. The maximum Gasteiger partial charge on any atom is 0.00992 e. The predicted molar refractivity (Wildman–Crippen MR) is 78.5 cm³/mol. The van der Waals surface area contributed by atoms with Crippen LogP contribution < -0.4 is 11.1 Å². The molecule has 0 aromatic rings. The van der Waals surface area contributed by atoms with E-state index < -0.39 is 0 Å². The van der Waals surface area contributed by atoms with Crippen LogP contribution in [0, 0.1) is 23.2 Å². The quantitative estimate of drug-likeness (QED) is 0.789. The van der Waals surface area contributed by atoms with E-state index in [1.165, 1.54) is 38.6 Å². The Morgan fingerprint density at radius 1 is 1.28 bits per heavy atom. The third-order valence-corrected chi connectivity index (χ3v) is 5.92. The zero-order valence-electron chi connectivity index (χ0n) is 12.7. The molecule has 2 aliphatic rings. The molecule has 0 radical (unpaired) electrons. The molecule has 18 heavy (non-hydrogen) atoms. The zero-order chi connectivity index (χ0) is 13.3. The third kappa shape index (κ3) is 2.91. The van der Waals surface area contributed by atoms with E-state index in [9.17, 15) is 0 Å². The fourth-order valence-electron chi connectivity index (χ4n) is 3.79. The first kappa shape index (κ1) is 14.3. The molecular formula is C16H32N2. The first-order valence-electron chi connectivity index (χ1n) is 7.95.